The molecule has 0 aliphatic carbocycles. The number of carbonyl (C=O) groups excluding carboxylic acids is 1. The summed E-state index contributed by atoms with van der Waals surface area (Å²) in [4.78, 5) is 17.6. The number of anilines is 1. The van der Waals surface area contributed by atoms with Crippen molar-refractivity contribution in [3.8, 4) is 0 Å². The summed E-state index contributed by atoms with van der Waals surface area (Å²) in [6.07, 6.45) is 0.774. The molecule has 7 heteroatoms. The van der Waals surface area contributed by atoms with E-state index in [1.807, 2.05) is 62.4 Å². The lowest BCUT2D eigenvalue weighted by atomic mass is 9.96. The van der Waals surface area contributed by atoms with Gasteiger partial charge in [0, 0.05) is 11.4 Å². The van der Waals surface area contributed by atoms with Crippen LogP contribution in [0.2, 0.25) is 0 Å². The van der Waals surface area contributed by atoms with Crippen LogP contribution in [-0.4, -0.2) is 27.3 Å². The Kier molecular flexibility index (Phi) is 6.18. The van der Waals surface area contributed by atoms with Crippen molar-refractivity contribution < 1.29 is 9.53 Å². The maximum absolute atomic E-state index is 12.9. The summed E-state index contributed by atoms with van der Waals surface area (Å²) in [5.41, 5.74) is 3.48. The molecule has 6 nitrogen and oxygen atoms in total. The first kappa shape index (κ1) is 20.2. The molecule has 1 N–H and O–H groups in total. The van der Waals surface area contributed by atoms with Crippen molar-refractivity contribution in [2.24, 2.45) is 0 Å². The Morgan fingerprint density at radius 2 is 1.83 bits per heavy atom. The Balaban J connectivity index is 1.67. The Bertz CT molecular complexity index is 1050. The SMILES string of the molecule is CCCOC(=O)C1=C(C)Nc2nc(SCc3ccccc3)nn2C1c1ccccc1. The summed E-state index contributed by atoms with van der Waals surface area (Å²) in [5, 5.41) is 8.64. The van der Waals surface area contributed by atoms with Crippen molar-refractivity contribution in [2.75, 3.05) is 11.9 Å². The second kappa shape index (κ2) is 9.17. The van der Waals surface area contributed by atoms with Gasteiger partial charge < -0.3 is 10.1 Å². The molecule has 154 valence electrons. The van der Waals surface area contributed by atoms with Crippen molar-refractivity contribution in [1.29, 1.82) is 0 Å². The molecule has 2 heterocycles. The van der Waals surface area contributed by atoms with Crippen LogP contribution in [0.4, 0.5) is 5.95 Å². The number of benzene rings is 2. The van der Waals surface area contributed by atoms with Gasteiger partial charge in [-0.25, -0.2) is 9.48 Å². The largest absolute Gasteiger partial charge is 0.462 e. The van der Waals surface area contributed by atoms with E-state index < -0.39 is 0 Å². The number of carbonyl (C=O) groups is 1. The van der Waals surface area contributed by atoms with Gasteiger partial charge in [0.2, 0.25) is 11.1 Å². The van der Waals surface area contributed by atoms with E-state index in [0.29, 0.717) is 23.3 Å². The highest BCUT2D eigenvalue weighted by Crippen LogP contribution is 2.36. The van der Waals surface area contributed by atoms with Crippen molar-refractivity contribution in [3.63, 3.8) is 0 Å². The minimum absolute atomic E-state index is 0.324. The van der Waals surface area contributed by atoms with Crippen molar-refractivity contribution in [1.82, 2.24) is 14.8 Å². The van der Waals surface area contributed by atoms with Crippen LogP contribution in [-0.2, 0) is 15.3 Å². The van der Waals surface area contributed by atoms with Gasteiger partial charge in [0.15, 0.2) is 0 Å². The van der Waals surface area contributed by atoms with E-state index in [4.69, 9.17) is 9.84 Å². The van der Waals surface area contributed by atoms with Crippen LogP contribution in [0.1, 0.15) is 37.4 Å². The summed E-state index contributed by atoms with van der Waals surface area (Å²) in [5.74, 6) is 1.08. The second-order valence-corrected chi connectivity index (χ2v) is 7.99. The Labute approximate surface area is 180 Å². The zero-order chi connectivity index (χ0) is 20.9. The lowest BCUT2D eigenvalue weighted by Gasteiger charge is -2.28. The standard InChI is InChI=1S/C23H24N4O2S/c1-3-14-29-21(28)19-16(2)24-22-25-23(30-15-17-10-6-4-7-11-17)26-27(22)20(19)18-12-8-5-9-13-18/h4-13,20H,3,14-15H2,1-2H3,(H,24,25,26). The Morgan fingerprint density at radius 3 is 2.53 bits per heavy atom. The van der Waals surface area contributed by atoms with Gasteiger partial charge in [-0.3, -0.25) is 0 Å². The van der Waals surface area contributed by atoms with Crippen LogP contribution in [0, 0.1) is 0 Å². The topological polar surface area (TPSA) is 69.0 Å². The highest BCUT2D eigenvalue weighted by molar-refractivity contribution is 7.98. The number of hydrogen-bond donors (Lipinski definition) is 1. The minimum Gasteiger partial charge on any atom is -0.462 e. The van der Waals surface area contributed by atoms with Gasteiger partial charge in [-0.1, -0.05) is 79.3 Å². The van der Waals surface area contributed by atoms with Crippen molar-refractivity contribution in [2.45, 2.75) is 37.2 Å². The van der Waals surface area contributed by atoms with Crippen LogP contribution in [0.25, 0.3) is 0 Å². The lowest BCUT2D eigenvalue weighted by Crippen LogP contribution is -2.29. The molecule has 0 amide bonds. The number of thioether (sulfide) groups is 1. The predicted octanol–water partition coefficient (Wildman–Crippen LogP) is 4.81. The minimum atomic E-state index is -0.384. The normalized spacial score (nSPS) is 15.5. The maximum Gasteiger partial charge on any atom is 0.338 e. The monoisotopic (exact) mass is 420 g/mol. The molecule has 1 atom stereocenters. The molecular formula is C23H24N4O2S. The number of aromatic nitrogens is 3. The number of allylic oxidation sites excluding steroid dienone is 1. The van der Waals surface area contributed by atoms with Crippen LogP contribution >= 0.6 is 11.8 Å². The third-order valence-corrected chi connectivity index (χ3v) is 5.73. The van der Waals surface area contributed by atoms with Crippen LogP contribution in [0.3, 0.4) is 0 Å². The molecule has 0 bridgehead atoms. The number of hydrogen-bond acceptors (Lipinski definition) is 6. The first-order chi connectivity index (χ1) is 14.7. The van der Waals surface area contributed by atoms with Gasteiger partial charge in [-0.15, -0.1) is 5.10 Å². The molecule has 30 heavy (non-hydrogen) atoms. The zero-order valence-corrected chi connectivity index (χ0v) is 17.9. The van der Waals surface area contributed by atoms with Crippen LogP contribution in [0.5, 0.6) is 0 Å². The van der Waals surface area contributed by atoms with Gasteiger partial charge in [0.1, 0.15) is 6.04 Å². The fraction of sp³-hybridized carbons (Fsp3) is 0.261. The number of ether oxygens (including phenoxy) is 1. The molecule has 3 aromatic rings. The molecule has 1 aromatic heterocycles. The van der Waals surface area contributed by atoms with Gasteiger partial charge >= 0.3 is 5.97 Å². The zero-order valence-electron chi connectivity index (χ0n) is 17.0. The molecule has 2 aromatic carbocycles. The van der Waals surface area contributed by atoms with Gasteiger partial charge in [-0.05, 0) is 24.5 Å². The van der Waals surface area contributed by atoms with E-state index >= 15 is 0 Å². The third kappa shape index (κ3) is 4.26. The van der Waals surface area contributed by atoms with Crippen molar-refractivity contribution in [3.05, 3.63) is 83.1 Å². The van der Waals surface area contributed by atoms with Gasteiger partial charge in [0.25, 0.3) is 0 Å². The molecule has 1 unspecified atom stereocenters. The third-order valence-electron chi connectivity index (χ3n) is 4.82. The fourth-order valence-corrected chi connectivity index (χ4v) is 4.18. The summed E-state index contributed by atoms with van der Waals surface area (Å²) in [6.45, 7) is 4.25. The van der Waals surface area contributed by atoms with E-state index in [0.717, 1.165) is 23.4 Å². The molecule has 0 saturated carbocycles. The quantitative estimate of drug-likeness (QED) is 0.437. The van der Waals surface area contributed by atoms with E-state index in [-0.39, 0.29) is 12.0 Å². The summed E-state index contributed by atoms with van der Waals surface area (Å²) in [7, 11) is 0. The number of fused-ring (bicyclic) bond motifs is 1. The van der Waals surface area contributed by atoms with Crippen LogP contribution in [0.15, 0.2) is 77.1 Å². The van der Waals surface area contributed by atoms with E-state index in [1.54, 1.807) is 16.4 Å². The molecule has 1 aliphatic heterocycles. The highest BCUT2D eigenvalue weighted by atomic mass is 32.2. The average molecular weight is 421 g/mol. The highest BCUT2D eigenvalue weighted by Gasteiger charge is 2.35. The van der Waals surface area contributed by atoms with Crippen molar-refractivity contribution >= 4 is 23.7 Å². The van der Waals surface area contributed by atoms with Gasteiger partial charge in [0.05, 0.1) is 12.2 Å². The van der Waals surface area contributed by atoms with E-state index in [9.17, 15) is 4.79 Å². The number of nitrogens with zero attached hydrogens (tertiary/aromatic N) is 3. The first-order valence-electron chi connectivity index (χ1n) is 10.0. The van der Waals surface area contributed by atoms with E-state index in [2.05, 4.69) is 22.4 Å². The second-order valence-electron chi connectivity index (χ2n) is 7.05. The Hall–Kier alpha value is -3.06. The summed E-state index contributed by atoms with van der Waals surface area (Å²) in [6, 6.07) is 19.7. The maximum atomic E-state index is 12.9. The summed E-state index contributed by atoms with van der Waals surface area (Å²) >= 11 is 1.57. The molecule has 0 fully saturated rings. The molecule has 4 rings (SSSR count). The summed E-state index contributed by atoms with van der Waals surface area (Å²) < 4.78 is 7.27. The molecule has 0 spiro atoms. The number of nitrogens with one attached hydrogen (secondary N) is 1. The smallest absolute Gasteiger partial charge is 0.338 e. The number of rotatable bonds is 7. The molecule has 1 aliphatic rings. The van der Waals surface area contributed by atoms with Crippen LogP contribution < -0.4 is 5.32 Å². The lowest BCUT2D eigenvalue weighted by molar-refractivity contribution is -0.139. The molecule has 0 radical (unpaired) electrons. The fourth-order valence-electron chi connectivity index (χ4n) is 3.40. The van der Waals surface area contributed by atoms with E-state index in [1.165, 1.54) is 5.56 Å². The molecule has 0 saturated heterocycles. The predicted molar refractivity (Wildman–Crippen MR) is 118 cm³/mol. The Morgan fingerprint density at radius 1 is 1.13 bits per heavy atom. The first-order valence-corrected chi connectivity index (χ1v) is 11.0. The average Bonchev–Trinajstić information content (AvgIpc) is 3.18. The van der Waals surface area contributed by atoms with Gasteiger partial charge in [-0.2, -0.15) is 4.98 Å². The molecular weight excluding hydrogens is 396 g/mol. The number of esters is 1.